The number of rotatable bonds is 10. The first-order valence-electron chi connectivity index (χ1n) is 16.6. The molecular weight excluding hydrogens is 571 g/mol. The highest BCUT2D eigenvalue weighted by Crippen LogP contribution is 2.44. The Morgan fingerprint density at radius 1 is 1.04 bits per heavy atom. The van der Waals surface area contributed by atoms with Gasteiger partial charge in [-0.15, -0.1) is 0 Å². The van der Waals surface area contributed by atoms with E-state index in [0.29, 0.717) is 23.4 Å². The third kappa shape index (κ3) is 7.59. The van der Waals surface area contributed by atoms with Gasteiger partial charge in [-0.2, -0.15) is 0 Å². The Balaban J connectivity index is 1.12. The minimum absolute atomic E-state index is 0.0498. The zero-order valence-electron chi connectivity index (χ0n) is 28.1. The highest BCUT2D eigenvalue weighted by Gasteiger charge is 2.52. The van der Waals surface area contributed by atoms with Gasteiger partial charge >= 0.3 is 0 Å². The number of anilines is 1. The van der Waals surface area contributed by atoms with Crippen LogP contribution in [0.3, 0.4) is 0 Å². The zero-order chi connectivity index (χ0) is 32.5. The SMILES string of the molecule is CC(C)N(C(=O)c1cc(F)ccc1Oc1cncnc1N1CC2(CN(CC[C@H]3CC[C@H](NC(=O)C(C)(C)C)CC3)C2)C1)C(C)C. The molecule has 1 aliphatic carbocycles. The first kappa shape index (κ1) is 33.1. The van der Waals surface area contributed by atoms with Crippen molar-refractivity contribution in [3.05, 3.63) is 42.1 Å². The van der Waals surface area contributed by atoms with Crippen LogP contribution in [-0.2, 0) is 4.79 Å². The predicted octanol–water partition coefficient (Wildman–Crippen LogP) is 5.90. The Kier molecular flexibility index (Phi) is 9.73. The molecule has 3 fully saturated rings. The molecule has 2 aliphatic heterocycles. The number of carbonyl (C=O) groups excluding carboxylic acids is 2. The van der Waals surface area contributed by atoms with Gasteiger partial charge in [0, 0.05) is 55.1 Å². The van der Waals surface area contributed by atoms with Crippen LogP contribution < -0.4 is 15.0 Å². The molecule has 0 bridgehead atoms. The molecule has 10 heteroatoms. The monoisotopic (exact) mass is 622 g/mol. The quantitative estimate of drug-likeness (QED) is 0.353. The van der Waals surface area contributed by atoms with Gasteiger partial charge in [0.15, 0.2) is 11.6 Å². The minimum atomic E-state index is -0.487. The van der Waals surface area contributed by atoms with Gasteiger partial charge in [-0.3, -0.25) is 9.59 Å². The van der Waals surface area contributed by atoms with E-state index in [1.807, 2.05) is 48.5 Å². The number of benzene rings is 1. The molecule has 1 N–H and O–H groups in total. The Morgan fingerprint density at radius 3 is 2.33 bits per heavy atom. The molecule has 0 atom stereocenters. The lowest BCUT2D eigenvalue weighted by atomic mass is 9.72. The summed E-state index contributed by atoms with van der Waals surface area (Å²) in [6, 6.07) is 4.28. The highest BCUT2D eigenvalue weighted by atomic mass is 19.1. The normalized spacial score (nSPS) is 21.4. The molecular formula is C35H51FN6O3. The topological polar surface area (TPSA) is 90.9 Å². The van der Waals surface area contributed by atoms with Crippen LogP contribution in [0.4, 0.5) is 10.2 Å². The number of carbonyl (C=O) groups is 2. The van der Waals surface area contributed by atoms with Crippen molar-refractivity contribution in [1.29, 1.82) is 0 Å². The van der Waals surface area contributed by atoms with Crippen LogP contribution in [0.15, 0.2) is 30.7 Å². The van der Waals surface area contributed by atoms with Gasteiger partial charge in [0.1, 0.15) is 17.9 Å². The Bertz CT molecular complexity index is 1350. The second kappa shape index (κ2) is 13.2. The van der Waals surface area contributed by atoms with E-state index in [1.54, 1.807) is 11.1 Å². The van der Waals surface area contributed by atoms with Crippen molar-refractivity contribution in [3.8, 4) is 11.5 Å². The number of hydrogen-bond donors (Lipinski definition) is 1. The van der Waals surface area contributed by atoms with Gasteiger partial charge in [-0.1, -0.05) is 20.8 Å². The predicted molar refractivity (Wildman–Crippen MR) is 174 cm³/mol. The maximum absolute atomic E-state index is 14.3. The number of amides is 2. The van der Waals surface area contributed by atoms with E-state index in [9.17, 15) is 14.0 Å². The Morgan fingerprint density at radius 2 is 1.71 bits per heavy atom. The lowest BCUT2D eigenvalue weighted by Gasteiger charge is -2.61. The zero-order valence-corrected chi connectivity index (χ0v) is 28.1. The fourth-order valence-electron chi connectivity index (χ4n) is 7.24. The van der Waals surface area contributed by atoms with Crippen molar-refractivity contribution in [2.75, 3.05) is 37.6 Å². The van der Waals surface area contributed by atoms with Crippen LogP contribution in [0, 0.1) is 22.6 Å². The van der Waals surface area contributed by atoms with E-state index < -0.39 is 5.82 Å². The van der Waals surface area contributed by atoms with Crippen LogP contribution >= 0.6 is 0 Å². The molecule has 0 unspecified atom stereocenters. The molecule has 0 radical (unpaired) electrons. The van der Waals surface area contributed by atoms with E-state index in [0.717, 1.165) is 51.5 Å². The van der Waals surface area contributed by atoms with E-state index >= 15 is 0 Å². The second-order valence-electron chi connectivity index (χ2n) is 15.1. The standard InChI is InChI=1S/C35H51FN6O3/c1-23(2)42(24(3)4)32(43)28-16-26(36)10-13-29(28)45-30-17-37-22-38-31(30)41-20-35(21-41)18-40(19-35)15-14-25-8-11-27(12-9-25)39-33(44)34(5,6)7/h10,13,16-17,22-25,27H,8-9,11-12,14-15,18-21H2,1-7H3,(H,39,44)/t25-,27-. The van der Waals surface area contributed by atoms with Crippen molar-refractivity contribution in [2.45, 2.75) is 98.7 Å². The smallest absolute Gasteiger partial charge is 0.258 e. The van der Waals surface area contributed by atoms with Gasteiger partial charge in [-0.25, -0.2) is 14.4 Å². The molecule has 246 valence electrons. The molecule has 45 heavy (non-hydrogen) atoms. The molecule has 1 aromatic carbocycles. The van der Waals surface area contributed by atoms with E-state index in [1.165, 1.54) is 43.8 Å². The van der Waals surface area contributed by atoms with Crippen molar-refractivity contribution in [1.82, 2.24) is 25.1 Å². The second-order valence-corrected chi connectivity index (χ2v) is 15.1. The molecule has 2 aromatic rings. The summed E-state index contributed by atoms with van der Waals surface area (Å²) in [6.07, 6.45) is 8.88. The number of likely N-dealkylation sites (tertiary alicyclic amines) is 1. The molecule has 3 heterocycles. The van der Waals surface area contributed by atoms with Gasteiger partial charge in [-0.05, 0) is 90.5 Å². The number of aromatic nitrogens is 2. The first-order valence-corrected chi connectivity index (χ1v) is 16.6. The van der Waals surface area contributed by atoms with Gasteiger partial charge < -0.3 is 24.8 Å². The van der Waals surface area contributed by atoms with Crippen molar-refractivity contribution in [2.24, 2.45) is 16.7 Å². The number of hydrogen-bond acceptors (Lipinski definition) is 7. The summed E-state index contributed by atoms with van der Waals surface area (Å²) >= 11 is 0. The number of ether oxygens (including phenoxy) is 1. The van der Waals surface area contributed by atoms with Gasteiger partial charge in [0.05, 0.1) is 11.8 Å². The third-order valence-corrected chi connectivity index (χ3v) is 9.58. The molecule has 5 rings (SSSR count). The lowest BCUT2D eigenvalue weighted by Crippen LogP contribution is -2.72. The minimum Gasteiger partial charge on any atom is -0.451 e. The van der Waals surface area contributed by atoms with Crippen LogP contribution in [0.2, 0.25) is 0 Å². The van der Waals surface area contributed by atoms with Gasteiger partial charge in [0.2, 0.25) is 5.91 Å². The summed E-state index contributed by atoms with van der Waals surface area (Å²) in [5.41, 5.74) is 0.118. The molecule has 3 aliphatic rings. The first-order chi connectivity index (χ1) is 21.2. The summed E-state index contributed by atoms with van der Waals surface area (Å²) < 4.78 is 20.6. The fraction of sp³-hybridized carbons (Fsp3) is 0.657. The summed E-state index contributed by atoms with van der Waals surface area (Å²) in [7, 11) is 0. The lowest BCUT2D eigenvalue weighted by molar-refractivity contribution is -0.129. The van der Waals surface area contributed by atoms with Crippen molar-refractivity contribution >= 4 is 17.6 Å². The maximum atomic E-state index is 14.3. The molecule has 1 aromatic heterocycles. The van der Waals surface area contributed by atoms with Gasteiger partial charge in [0.25, 0.3) is 5.91 Å². The van der Waals surface area contributed by atoms with E-state index in [4.69, 9.17) is 4.74 Å². The van der Waals surface area contributed by atoms with Crippen LogP contribution in [0.25, 0.3) is 0 Å². The third-order valence-electron chi connectivity index (χ3n) is 9.58. The van der Waals surface area contributed by atoms with Crippen molar-refractivity contribution < 1.29 is 18.7 Å². The number of halogens is 1. The summed E-state index contributed by atoms with van der Waals surface area (Å²) in [5, 5.41) is 3.25. The average Bonchev–Trinajstić information content (AvgIpc) is 2.92. The number of nitrogens with one attached hydrogen (secondary N) is 1. The molecule has 2 amide bonds. The fourth-order valence-corrected chi connectivity index (χ4v) is 7.24. The maximum Gasteiger partial charge on any atom is 0.258 e. The average molecular weight is 623 g/mol. The van der Waals surface area contributed by atoms with Crippen LogP contribution in [0.1, 0.15) is 90.9 Å². The molecule has 2 saturated heterocycles. The van der Waals surface area contributed by atoms with E-state index in [2.05, 4.69) is 25.1 Å². The number of nitrogens with zero attached hydrogens (tertiary/aromatic N) is 5. The molecule has 9 nitrogen and oxygen atoms in total. The largest absolute Gasteiger partial charge is 0.451 e. The molecule has 1 spiro atoms. The Hall–Kier alpha value is -3.27. The highest BCUT2D eigenvalue weighted by molar-refractivity contribution is 5.97. The Labute approximate surface area is 267 Å². The summed E-state index contributed by atoms with van der Waals surface area (Å²) in [6.45, 7) is 18.8. The van der Waals surface area contributed by atoms with Crippen LogP contribution in [-0.4, -0.2) is 82.4 Å². The van der Waals surface area contributed by atoms with Crippen molar-refractivity contribution in [3.63, 3.8) is 0 Å². The molecule has 1 saturated carbocycles. The summed E-state index contributed by atoms with van der Waals surface area (Å²) in [5.74, 6) is 1.57. The van der Waals surface area contributed by atoms with Crippen LogP contribution in [0.5, 0.6) is 11.5 Å². The van der Waals surface area contributed by atoms with E-state index in [-0.39, 0.29) is 40.3 Å². The summed E-state index contributed by atoms with van der Waals surface area (Å²) in [4.78, 5) is 41.1.